The van der Waals surface area contributed by atoms with Crippen LogP contribution in [0.2, 0.25) is 0 Å². The van der Waals surface area contributed by atoms with E-state index in [9.17, 15) is 24.6 Å². The number of hydrogen-bond donors (Lipinski definition) is 2. The average Bonchev–Trinajstić information content (AvgIpc) is 3.51. The number of cyclic esters (lactones) is 1. The molecule has 12 heteroatoms. The molecule has 0 aromatic carbocycles. The quantitative estimate of drug-likeness (QED) is 0.104. The maximum Gasteiger partial charge on any atom is 0.330 e. The van der Waals surface area contributed by atoms with Crippen molar-refractivity contribution < 1.29 is 57.8 Å². The second-order valence-corrected chi connectivity index (χ2v) is 14.9. The summed E-state index contributed by atoms with van der Waals surface area (Å²) >= 11 is 0. The van der Waals surface area contributed by atoms with Gasteiger partial charge in [-0.3, -0.25) is 9.59 Å². The lowest BCUT2D eigenvalue weighted by Gasteiger charge is -2.51. The fourth-order valence-corrected chi connectivity index (χ4v) is 7.32. The number of hydrogen-bond acceptors (Lipinski definition) is 12. The SMILES string of the molecule is CCCCCCCC(=O)O[C@H]1/C(=C/C(=O)OC)CC2C[C@H](CC)OC(=O)C[C@H](O)C[C@@H]3CCC[C@H](C[C@@H]4CO[C@H](/C=C/C(C)(C)[C@]1(O)O2)O4)O3. The van der Waals surface area contributed by atoms with E-state index in [1.165, 1.54) is 13.2 Å². The van der Waals surface area contributed by atoms with Crippen molar-refractivity contribution in [1.82, 2.24) is 0 Å². The normalized spacial score (nSPS) is 36.6. The zero-order valence-electron chi connectivity index (χ0n) is 30.6. The second-order valence-electron chi connectivity index (χ2n) is 14.9. The summed E-state index contributed by atoms with van der Waals surface area (Å²) < 4.78 is 41.7. The highest BCUT2D eigenvalue weighted by Gasteiger charge is 2.57. The second kappa shape index (κ2) is 18.9. The van der Waals surface area contributed by atoms with Crippen LogP contribution in [0, 0.1) is 5.41 Å². The molecule has 0 amide bonds. The van der Waals surface area contributed by atoms with Crippen molar-refractivity contribution in [2.45, 2.75) is 179 Å². The first kappa shape index (κ1) is 40.4. The minimum absolute atomic E-state index is 0.0638. The third-order valence-corrected chi connectivity index (χ3v) is 10.3. The molecule has 0 aromatic heterocycles. The Morgan fingerprint density at radius 3 is 2.44 bits per heavy atom. The van der Waals surface area contributed by atoms with Crippen LogP contribution in [-0.2, 0) is 47.5 Å². The molecule has 9 atom stereocenters. The highest BCUT2D eigenvalue weighted by Crippen LogP contribution is 2.47. The topological polar surface area (TPSA) is 156 Å². The van der Waals surface area contributed by atoms with Gasteiger partial charge in [-0.25, -0.2) is 4.79 Å². The van der Waals surface area contributed by atoms with Gasteiger partial charge in [0.05, 0.1) is 50.7 Å². The van der Waals surface area contributed by atoms with Gasteiger partial charge in [0.15, 0.2) is 12.4 Å². The lowest BCUT2D eigenvalue weighted by molar-refractivity contribution is -0.327. The van der Waals surface area contributed by atoms with Gasteiger partial charge in [-0.05, 0) is 50.2 Å². The first-order valence-electron chi connectivity index (χ1n) is 18.7. The minimum Gasteiger partial charge on any atom is -0.466 e. The Morgan fingerprint density at radius 2 is 1.72 bits per heavy atom. The highest BCUT2D eigenvalue weighted by molar-refractivity contribution is 5.83. The van der Waals surface area contributed by atoms with E-state index in [1.807, 2.05) is 6.92 Å². The smallest absolute Gasteiger partial charge is 0.330 e. The summed E-state index contributed by atoms with van der Waals surface area (Å²) in [6, 6.07) is 0. The first-order chi connectivity index (χ1) is 23.8. The zero-order valence-corrected chi connectivity index (χ0v) is 30.6. The number of esters is 3. The lowest BCUT2D eigenvalue weighted by Crippen LogP contribution is -2.62. The molecule has 284 valence electrons. The maximum absolute atomic E-state index is 13.3. The fraction of sp³-hybridized carbons (Fsp3) is 0.816. The van der Waals surface area contributed by atoms with Crippen LogP contribution in [0.1, 0.15) is 124 Å². The number of fused-ring (bicyclic) bond motifs is 6. The van der Waals surface area contributed by atoms with E-state index in [2.05, 4.69) is 6.92 Å². The molecule has 3 fully saturated rings. The Hall–Kier alpha value is -2.35. The molecule has 4 heterocycles. The van der Waals surface area contributed by atoms with E-state index in [0.717, 1.165) is 44.9 Å². The Morgan fingerprint density at radius 1 is 0.980 bits per heavy atom. The van der Waals surface area contributed by atoms with Crippen molar-refractivity contribution in [3.05, 3.63) is 23.8 Å². The van der Waals surface area contributed by atoms with Gasteiger partial charge in [0.1, 0.15) is 6.10 Å². The van der Waals surface area contributed by atoms with Crippen LogP contribution in [0.25, 0.3) is 0 Å². The van der Waals surface area contributed by atoms with E-state index >= 15 is 0 Å². The van der Waals surface area contributed by atoms with E-state index in [-0.39, 0.29) is 44.0 Å². The number of unbranched alkanes of at least 4 members (excludes halogenated alkanes) is 4. The highest BCUT2D eigenvalue weighted by atomic mass is 16.7. The molecular formula is C38H60O12. The number of aliphatic hydroxyl groups excluding tert-OH is 1. The van der Waals surface area contributed by atoms with E-state index in [0.29, 0.717) is 37.9 Å². The monoisotopic (exact) mass is 708 g/mol. The van der Waals surface area contributed by atoms with Gasteiger partial charge in [-0.1, -0.05) is 59.5 Å². The summed E-state index contributed by atoms with van der Waals surface area (Å²) in [5.41, 5.74) is -0.893. The zero-order chi connectivity index (χ0) is 36.3. The van der Waals surface area contributed by atoms with Gasteiger partial charge in [0.2, 0.25) is 5.79 Å². The minimum atomic E-state index is -2.16. The summed E-state index contributed by atoms with van der Waals surface area (Å²) in [6.07, 6.45) is 8.89. The Balaban J connectivity index is 1.66. The van der Waals surface area contributed by atoms with Crippen LogP contribution in [0.4, 0.5) is 0 Å². The third-order valence-electron chi connectivity index (χ3n) is 10.3. The van der Waals surface area contributed by atoms with Crippen molar-refractivity contribution in [1.29, 1.82) is 0 Å². The number of ether oxygens (including phenoxy) is 7. The molecule has 1 unspecified atom stereocenters. The predicted octanol–water partition coefficient (Wildman–Crippen LogP) is 5.35. The van der Waals surface area contributed by atoms with Crippen LogP contribution < -0.4 is 0 Å². The molecule has 50 heavy (non-hydrogen) atoms. The Labute approximate surface area is 297 Å². The molecular weight excluding hydrogens is 648 g/mol. The van der Waals surface area contributed by atoms with Crippen LogP contribution in [0.3, 0.4) is 0 Å². The molecule has 4 aliphatic rings. The first-order valence-corrected chi connectivity index (χ1v) is 18.7. The van der Waals surface area contributed by atoms with Crippen LogP contribution in [0.5, 0.6) is 0 Å². The van der Waals surface area contributed by atoms with E-state index in [1.54, 1.807) is 26.0 Å². The molecule has 0 radical (unpaired) electrons. The number of aliphatic hydroxyl groups is 2. The van der Waals surface area contributed by atoms with Crippen LogP contribution in [0.15, 0.2) is 23.8 Å². The van der Waals surface area contributed by atoms with Crippen LogP contribution >= 0.6 is 0 Å². The molecule has 0 aliphatic carbocycles. The predicted molar refractivity (Wildman–Crippen MR) is 182 cm³/mol. The summed E-state index contributed by atoms with van der Waals surface area (Å²) in [5.74, 6) is -3.88. The van der Waals surface area contributed by atoms with Gasteiger partial charge in [0.25, 0.3) is 0 Å². The number of carbonyl (C=O) groups excluding carboxylic acids is 3. The largest absolute Gasteiger partial charge is 0.466 e. The lowest BCUT2D eigenvalue weighted by atomic mass is 9.74. The number of rotatable bonds is 9. The van der Waals surface area contributed by atoms with Crippen LogP contribution in [-0.4, -0.2) is 96.6 Å². The summed E-state index contributed by atoms with van der Waals surface area (Å²) in [4.78, 5) is 38.9. The van der Waals surface area contributed by atoms with Gasteiger partial charge < -0.3 is 43.4 Å². The molecule has 12 nitrogen and oxygen atoms in total. The van der Waals surface area contributed by atoms with Gasteiger partial charge in [-0.2, -0.15) is 0 Å². The number of methoxy groups -OCH3 is 1. The molecule has 0 saturated carbocycles. The fourth-order valence-electron chi connectivity index (χ4n) is 7.32. The van der Waals surface area contributed by atoms with Gasteiger partial charge in [0, 0.05) is 37.2 Å². The summed E-state index contributed by atoms with van der Waals surface area (Å²) in [5, 5.41) is 23.4. The Kier molecular flexibility index (Phi) is 15.3. The average molecular weight is 709 g/mol. The molecule has 2 N–H and O–H groups in total. The molecule has 3 saturated heterocycles. The van der Waals surface area contributed by atoms with E-state index < -0.39 is 59.8 Å². The van der Waals surface area contributed by atoms with Crippen molar-refractivity contribution in [2.24, 2.45) is 5.41 Å². The van der Waals surface area contributed by atoms with Gasteiger partial charge >= 0.3 is 17.9 Å². The van der Waals surface area contributed by atoms with Gasteiger partial charge in [-0.15, -0.1) is 0 Å². The summed E-state index contributed by atoms with van der Waals surface area (Å²) in [7, 11) is 1.25. The number of carbonyl (C=O) groups is 3. The van der Waals surface area contributed by atoms with Crippen molar-refractivity contribution >= 4 is 17.9 Å². The van der Waals surface area contributed by atoms with E-state index in [4.69, 9.17) is 33.2 Å². The molecule has 6 bridgehead atoms. The maximum atomic E-state index is 13.3. The van der Waals surface area contributed by atoms with Crippen molar-refractivity contribution in [2.75, 3.05) is 13.7 Å². The molecule has 0 spiro atoms. The third kappa shape index (κ3) is 11.3. The Bertz CT molecular complexity index is 1180. The standard InChI is InChI=1S/C38H60O12/c1-6-8-9-10-11-15-32(40)49-36-25(19-33(41)44-5)18-30-22-27(7-2)47-34(42)21-26(39)20-28-13-12-14-29(46-28)23-31-24-45-35(48-31)16-17-37(3,4)38(36,43)50-30/h16-17,19,26-31,35-36,39,43H,6-15,18,20-24H2,1-5H3/b17-16+,25-19+/t26-,27+,28+,29-,30?,31-,35+,36+,38-/m1/s1. The van der Waals surface area contributed by atoms with Crippen molar-refractivity contribution in [3.63, 3.8) is 0 Å². The molecule has 0 aromatic rings. The summed E-state index contributed by atoms with van der Waals surface area (Å²) in [6.45, 7) is 7.85. The van der Waals surface area contributed by atoms with Crippen molar-refractivity contribution in [3.8, 4) is 0 Å². The molecule has 4 aliphatic heterocycles. The molecule has 4 rings (SSSR count).